The molecule has 20 heavy (non-hydrogen) atoms. The Morgan fingerprint density at radius 2 is 1.70 bits per heavy atom. The summed E-state index contributed by atoms with van der Waals surface area (Å²) in [5.41, 5.74) is 0.129. The molecular weight excluding hydrogens is 254 g/mol. The van der Waals surface area contributed by atoms with Gasteiger partial charge in [0.25, 0.3) is 0 Å². The van der Waals surface area contributed by atoms with Crippen LogP contribution in [0.3, 0.4) is 0 Å². The van der Waals surface area contributed by atoms with Gasteiger partial charge in [-0.2, -0.15) is 0 Å². The first-order valence-electron chi connectivity index (χ1n) is 7.82. The fraction of sp³-hybridized carbons (Fsp3) is 0.875. The van der Waals surface area contributed by atoms with Crippen molar-refractivity contribution in [2.24, 2.45) is 11.3 Å². The molecule has 4 nitrogen and oxygen atoms in total. The third kappa shape index (κ3) is 6.40. The zero-order valence-corrected chi connectivity index (χ0v) is 13.1. The summed E-state index contributed by atoms with van der Waals surface area (Å²) in [6, 6.07) is -0.194. The Kier molecular flexibility index (Phi) is 6.50. The molecule has 1 aliphatic carbocycles. The van der Waals surface area contributed by atoms with Crippen molar-refractivity contribution in [3.05, 3.63) is 0 Å². The SMILES string of the molecule is CC(C)(C)CCC(=O)NC1CCCCCCC1C(=O)O. The van der Waals surface area contributed by atoms with E-state index >= 15 is 0 Å². The van der Waals surface area contributed by atoms with E-state index in [-0.39, 0.29) is 17.4 Å². The first-order chi connectivity index (χ1) is 9.29. The van der Waals surface area contributed by atoms with Crippen molar-refractivity contribution in [2.45, 2.75) is 78.2 Å². The summed E-state index contributed by atoms with van der Waals surface area (Å²) in [7, 11) is 0. The monoisotopic (exact) mass is 283 g/mol. The van der Waals surface area contributed by atoms with Crippen LogP contribution in [0.15, 0.2) is 0 Å². The summed E-state index contributed by atoms with van der Waals surface area (Å²) in [6.45, 7) is 6.32. The van der Waals surface area contributed by atoms with Crippen LogP contribution in [0.2, 0.25) is 0 Å². The van der Waals surface area contributed by atoms with Gasteiger partial charge < -0.3 is 10.4 Å². The van der Waals surface area contributed by atoms with Gasteiger partial charge in [0.05, 0.1) is 5.92 Å². The summed E-state index contributed by atoms with van der Waals surface area (Å²) < 4.78 is 0. The second-order valence-corrected chi connectivity index (χ2v) is 7.17. The predicted molar refractivity (Wildman–Crippen MR) is 79.4 cm³/mol. The van der Waals surface area contributed by atoms with Crippen molar-refractivity contribution in [2.75, 3.05) is 0 Å². The molecule has 0 saturated heterocycles. The smallest absolute Gasteiger partial charge is 0.308 e. The number of carbonyl (C=O) groups excluding carboxylic acids is 1. The fourth-order valence-electron chi connectivity index (χ4n) is 2.72. The number of carboxylic acids is 1. The Bertz CT molecular complexity index is 333. The van der Waals surface area contributed by atoms with Crippen molar-refractivity contribution < 1.29 is 14.7 Å². The molecular formula is C16H29NO3. The minimum atomic E-state index is -0.770. The first-order valence-corrected chi connectivity index (χ1v) is 7.82. The highest BCUT2D eigenvalue weighted by molar-refractivity contribution is 5.78. The largest absolute Gasteiger partial charge is 0.481 e. The van der Waals surface area contributed by atoms with Gasteiger partial charge in [-0.25, -0.2) is 0 Å². The standard InChI is InChI=1S/C16H29NO3/c1-16(2,3)11-10-14(18)17-13-9-7-5-4-6-8-12(13)15(19)20/h12-13H,4-11H2,1-3H3,(H,17,18)(H,19,20). The summed E-state index contributed by atoms with van der Waals surface area (Å²) in [5.74, 6) is -1.20. The van der Waals surface area contributed by atoms with E-state index in [0.717, 1.165) is 38.5 Å². The average molecular weight is 283 g/mol. The predicted octanol–water partition coefficient (Wildman–Crippen LogP) is 3.35. The first kappa shape index (κ1) is 17.0. The van der Waals surface area contributed by atoms with E-state index in [0.29, 0.717) is 12.8 Å². The number of nitrogens with one attached hydrogen (secondary N) is 1. The quantitative estimate of drug-likeness (QED) is 0.831. The molecule has 1 fully saturated rings. The lowest BCUT2D eigenvalue weighted by molar-refractivity contribution is -0.143. The number of carboxylic acid groups (broad SMARTS) is 1. The van der Waals surface area contributed by atoms with Crippen LogP contribution < -0.4 is 5.32 Å². The van der Waals surface area contributed by atoms with E-state index in [1.165, 1.54) is 0 Å². The minimum absolute atomic E-state index is 0.00301. The van der Waals surface area contributed by atoms with Gasteiger partial charge in [-0.15, -0.1) is 0 Å². The highest BCUT2D eigenvalue weighted by Gasteiger charge is 2.29. The molecule has 1 rings (SSSR count). The molecule has 4 heteroatoms. The number of hydrogen-bond donors (Lipinski definition) is 2. The van der Waals surface area contributed by atoms with Crippen LogP contribution in [0.25, 0.3) is 0 Å². The van der Waals surface area contributed by atoms with Gasteiger partial charge in [-0.1, -0.05) is 46.5 Å². The normalized spacial score (nSPS) is 24.6. The topological polar surface area (TPSA) is 66.4 Å². The lowest BCUT2D eigenvalue weighted by Crippen LogP contribution is -2.44. The van der Waals surface area contributed by atoms with Crippen molar-refractivity contribution in [1.82, 2.24) is 5.32 Å². The van der Waals surface area contributed by atoms with E-state index in [9.17, 15) is 14.7 Å². The zero-order chi connectivity index (χ0) is 15.2. The van der Waals surface area contributed by atoms with Gasteiger partial charge in [0.1, 0.15) is 0 Å². The highest BCUT2D eigenvalue weighted by atomic mass is 16.4. The third-order valence-electron chi connectivity index (χ3n) is 4.03. The van der Waals surface area contributed by atoms with Gasteiger partial charge in [-0.3, -0.25) is 9.59 Å². The van der Waals surface area contributed by atoms with E-state index in [4.69, 9.17) is 0 Å². The second kappa shape index (κ2) is 7.65. The summed E-state index contributed by atoms with van der Waals surface area (Å²) in [4.78, 5) is 23.4. The molecule has 1 saturated carbocycles. The minimum Gasteiger partial charge on any atom is -0.481 e. The lowest BCUT2D eigenvalue weighted by Gasteiger charge is -2.27. The Hall–Kier alpha value is -1.06. The Morgan fingerprint density at radius 1 is 1.10 bits per heavy atom. The molecule has 2 atom stereocenters. The molecule has 0 heterocycles. The van der Waals surface area contributed by atoms with Crippen molar-refractivity contribution in [1.29, 1.82) is 0 Å². The van der Waals surface area contributed by atoms with Gasteiger partial charge in [0, 0.05) is 12.5 Å². The number of rotatable bonds is 4. The van der Waals surface area contributed by atoms with Gasteiger partial charge in [0.15, 0.2) is 0 Å². The molecule has 0 aromatic rings. The summed E-state index contributed by atoms with van der Waals surface area (Å²) in [6.07, 6.45) is 6.97. The summed E-state index contributed by atoms with van der Waals surface area (Å²) >= 11 is 0. The maximum absolute atomic E-state index is 12.0. The van der Waals surface area contributed by atoms with Crippen LogP contribution in [-0.2, 0) is 9.59 Å². The number of amides is 1. The van der Waals surface area contributed by atoms with E-state index in [1.807, 2.05) is 0 Å². The molecule has 116 valence electrons. The van der Waals surface area contributed by atoms with Crippen molar-refractivity contribution in [3.8, 4) is 0 Å². The average Bonchev–Trinajstić information content (AvgIpc) is 2.29. The number of hydrogen-bond acceptors (Lipinski definition) is 2. The van der Waals surface area contributed by atoms with E-state index < -0.39 is 11.9 Å². The molecule has 0 aliphatic heterocycles. The molecule has 1 amide bonds. The molecule has 0 aromatic carbocycles. The molecule has 0 bridgehead atoms. The number of carbonyl (C=O) groups is 2. The maximum Gasteiger partial charge on any atom is 0.308 e. The van der Waals surface area contributed by atoms with Crippen LogP contribution >= 0.6 is 0 Å². The van der Waals surface area contributed by atoms with Crippen LogP contribution in [-0.4, -0.2) is 23.0 Å². The van der Waals surface area contributed by atoms with Gasteiger partial charge >= 0.3 is 5.97 Å². The van der Waals surface area contributed by atoms with E-state index in [2.05, 4.69) is 26.1 Å². The van der Waals surface area contributed by atoms with Crippen LogP contribution in [0.1, 0.15) is 72.1 Å². The zero-order valence-electron chi connectivity index (χ0n) is 13.1. The molecule has 0 radical (unpaired) electrons. The highest BCUT2D eigenvalue weighted by Crippen LogP contribution is 2.24. The Balaban J connectivity index is 2.55. The van der Waals surface area contributed by atoms with Gasteiger partial charge in [0.2, 0.25) is 5.91 Å². The van der Waals surface area contributed by atoms with Crippen molar-refractivity contribution in [3.63, 3.8) is 0 Å². The Labute approximate surface area is 122 Å². The van der Waals surface area contributed by atoms with E-state index in [1.54, 1.807) is 0 Å². The van der Waals surface area contributed by atoms with Gasteiger partial charge in [-0.05, 0) is 24.7 Å². The lowest BCUT2D eigenvalue weighted by atomic mass is 9.86. The third-order valence-corrected chi connectivity index (χ3v) is 4.03. The van der Waals surface area contributed by atoms with Crippen LogP contribution in [0.4, 0.5) is 0 Å². The van der Waals surface area contributed by atoms with Crippen molar-refractivity contribution >= 4 is 11.9 Å². The Morgan fingerprint density at radius 3 is 2.25 bits per heavy atom. The molecule has 2 unspecified atom stereocenters. The van der Waals surface area contributed by atoms with Crippen LogP contribution in [0.5, 0.6) is 0 Å². The molecule has 2 N–H and O–H groups in total. The maximum atomic E-state index is 12.0. The molecule has 1 aliphatic rings. The fourth-order valence-corrected chi connectivity index (χ4v) is 2.72. The summed E-state index contributed by atoms with van der Waals surface area (Å²) in [5, 5.41) is 12.3. The molecule has 0 spiro atoms. The van der Waals surface area contributed by atoms with Crippen LogP contribution in [0, 0.1) is 11.3 Å². The molecule has 0 aromatic heterocycles. The second-order valence-electron chi connectivity index (χ2n) is 7.17. The number of aliphatic carboxylic acids is 1.